The predicted molar refractivity (Wildman–Crippen MR) is 60.6 cm³/mol. The molecule has 4 heteroatoms. The number of Topliss-reactive ketones (excluding diaryl/α,β-unsaturated/α-hetero) is 1. The highest BCUT2D eigenvalue weighted by molar-refractivity contribution is 6.26. The van der Waals surface area contributed by atoms with Crippen molar-refractivity contribution in [3.8, 4) is 0 Å². The summed E-state index contributed by atoms with van der Waals surface area (Å²) in [4.78, 5) is 35.2. The van der Waals surface area contributed by atoms with Gasteiger partial charge in [0.1, 0.15) is 5.69 Å². The summed E-state index contributed by atoms with van der Waals surface area (Å²) in [6.45, 7) is 2.36. The number of aromatic nitrogens is 1. The van der Waals surface area contributed by atoms with Crippen LogP contribution in [0.25, 0.3) is 0 Å². The highest BCUT2D eigenvalue weighted by atomic mass is 16.1. The Kier molecular flexibility index (Phi) is 1.96. The van der Waals surface area contributed by atoms with Gasteiger partial charge in [0, 0.05) is 23.4 Å². The normalized spacial score (nSPS) is 17.8. The summed E-state index contributed by atoms with van der Waals surface area (Å²) >= 11 is 0. The molecule has 86 valence electrons. The first kappa shape index (κ1) is 10.2. The van der Waals surface area contributed by atoms with Crippen LogP contribution in [-0.4, -0.2) is 22.4 Å². The quantitative estimate of drug-likeness (QED) is 0.687. The van der Waals surface area contributed by atoms with E-state index in [9.17, 15) is 14.4 Å². The number of hydrogen-bond donors (Lipinski definition) is 0. The third-order valence-electron chi connectivity index (χ3n) is 3.49. The summed E-state index contributed by atoms with van der Waals surface area (Å²) in [5.74, 6) is -0.350. The highest BCUT2D eigenvalue weighted by Gasteiger charge is 2.34. The van der Waals surface area contributed by atoms with Crippen molar-refractivity contribution in [3.63, 3.8) is 0 Å². The number of ketones is 2. The van der Waals surface area contributed by atoms with Gasteiger partial charge in [-0.15, -0.1) is 0 Å². The van der Waals surface area contributed by atoms with Crippen molar-refractivity contribution in [2.24, 2.45) is 0 Å². The molecule has 1 aromatic heterocycles. The van der Waals surface area contributed by atoms with Gasteiger partial charge in [0.15, 0.2) is 12.1 Å². The van der Waals surface area contributed by atoms with Gasteiger partial charge in [-0.1, -0.05) is 0 Å². The van der Waals surface area contributed by atoms with Gasteiger partial charge in [0.25, 0.3) is 0 Å². The van der Waals surface area contributed by atoms with Crippen molar-refractivity contribution in [1.29, 1.82) is 0 Å². The van der Waals surface area contributed by atoms with E-state index in [1.54, 1.807) is 6.92 Å². The number of aldehydes is 1. The predicted octanol–water partition coefficient (Wildman–Crippen LogP) is 1.57. The molecule has 1 aromatic rings. The summed E-state index contributed by atoms with van der Waals surface area (Å²) in [6.07, 6.45) is 3.72. The van der Waals surface area contributed by atoms with Crippen LogP contribution in [0.15, 0.2) is 11.6 Å². The third kappa shape index (κ3) is 1.15. The van der Waals surface area contributed by atoms with E-state index in [2.05, 4.69) is 0 Å². The summed E-state index contributed by atoms with van der Waals surface area (Å²) in [5, 5.41) is 0. The molecular formula is C13H11NO3. The largest absolute Gasteiger partial charge is 0.341 e. The fourth-order valence-electron chi connectivity index (χ4n) is 2.74. The Morgan fingerprint density at radius 1 is 1.35 bits per heavy atom. The topological polar surface area (TPSA) is 56.1 Å². The second-order valence-corrected chi connectivity index (χ2v) is 4.48. The lowest BCUT2D eigenvalue weighted by atomic mass is 9.93. The molecule has 2 heterocycles. The Hall–Kier alpha value is -1.97. The molecule has 0 atom stereocenters. The molecule has 0 saturated carbocycles. The average molecular weight is 229 g/mol. The van der Waals surface area contributed by atoms with Gasteiger partial charge >= 0.3 is 0 Å². The van der Waals surface area contributed by atoms with Crippen LogP contribution in [0, 0.1) is 0 Å². The Morgan fingerprint density at radius 2 is 2.12 bits per heavy atom. The monoisotopic (exact) mass is 229 g/mol. The van der Waals surface area contributed by atoms with Crippen LogP contribution in [-0.2, 0) is 13.0 Å². The third-order valence-corrected chi connectivity index (χ3v) is 3.49. The SMILES string of the molecule is CC1=CC(=O)c2c(C=O)c3n(c2C1=O)CCC3. The molecule has 0 N–H and O–H groups in total. The maximum atomic E-state index is 12.1. The lowest BCUT2D eigenvalue weighted by molar-refractivity contribution is 0.0977. The Labute approximate surface area is 97.9 Å². The van der Waals surface area contributed by atoms with E-state index in [1.807, 2.05) is 4.57 Å². The maximum Gasteiger partial charge on any atom is 0.206 e. The molecule has 0 unspecified atom stereocenters. The van der Waals surface area contributed by atoms with Crippen molar-refractivity contribution in [1.82, 2.24) is 4.57 Å². The zero-order valence-electron chi connectivity index (χ0n) is 9.45. The number of nitrogens with zero attached hydrogens (tertiary/aromatic N) is 1. The van der Waals surface area contributed by atoms with Crippen LogP contribution in [0.4, 0.5) is 0 Å². The summed E-state index contributed by atoms with van der Waals surface area (Å²) in [5.41, 5.74) is 2.44. The molecule has 0 amide bonds. The van der Waals surface area contributed by atoms with Gasteiger partial charge in [-0.25, -0.2) is 0 Å². The van der Waals surface area contributed by atoms with E-state index >= 15 is 0 Å². The number of carbonyl (C=O) groups excluding carboxylic acids is 3. The van der Waals surface area contributed by atoms with Gasteiger partial charge in [-0.3, -0.25) is 14.4 Å². The van der Waals surface area contributed by atoms with Crippen LogP contribution >= 0.6 is 0 Å². The molecule has 0 radical (unpaired) electrons. The summed E-state index contributed by atoms with van der Waals surface area (Å²) in [6, 6.07) is 0. The standard InChI is InChI=1S/C13H11NO3/c1-7-5-10(16)11-8(6-15)9-3-2-4-14(9)12(11)13(7)17/h5-6H,2-4H2,1H3. The van der Waals surface area contributed by atoms with Gasteiger partial charge in [0.05, 0.1) is 5.56 Å². The Morgan fingerprint density at radius 3 is 2.82 bits per heavy atom. The smallest absolute Gasteiger partial charge is 0.206 e. The minimum Gasteiger partial charge on any atom is -0.341 e. The molecule has 0 fully saturated rings. The first-order chi connectivity index (χ1) is 8.15. The lowest BCUT2D eigenvalue weighted by Crippen LogP contribution is -2.18. The number of fused-ring (bicyclic) bond motifs is 3. The van der Waals surface area contributed by atoms with E-state index in [4.69, 9.17) is 0 Å². The average Bonchev–Trinajstić information content (AvgIpc) is 2.84. The zero-order chi connectivity index (χ0) is 12.2. The van der Waals surface area contributed by atoms with E-state index in [1.165, 1.54) is 6.08 Å². The molecule has 1 aliphatic heterocycles. The highest BCUT2D eigenvalue weighted by Crippen LogP contribution is 2.32. The van der Waals surface area contributed by atoms with E-state index < -0.39 is 0 Å². The summed E-state index contributed by atoms with van der Waals surface area (Å²) < 4.78 is 1.84. The summed E-state index contributed by atoms with van der Waals surface area (Å²) in [7, 11) is 0. The van der Waals surface area contributed by atoms with Gasteiger partial charge in [0.2, 0.25) is 5.78 Å². The second kappa shape index (κ2) is 3.26. The van der Waals surface area contributed by atoms with E-state index in [0.29, 0.717) is 28.7 Å². The second-order valence-electron chi connectivity index (χ2n) is 4.48. The minimum absolute atomic E-state index is 0.129. The fraction of sp³-hybridized carbons (Fsp3) is 0.308. The van der Waals surface area contributed by atoms with Crippen molar-refractivity contribution < 1.29 is 14.4 Å². The molecule has 3 rings (SSSR count). The van der Waals surface area contributed by atoms with Crippen molar-refractivity contribution in [2.75, 3.05) is 0 Å². The minimum atomic E-state index is -0.221. The molecule has 4 nitrogen and oxygen atoms in total. The first-order valence-corrected chi connectivity index (χ1v) is 5.63. The van der Waals surface area contributed by atoms with Crippen LogP contribution in [0.3, 0.4) is 0 Å². The molecule has 0 saturated heterocycles. The lowest BCUT2D eigenvalue weighted by Gasteiger charge is -2.11. The number of hydrogen-bond acceptors (Lipinski definition) is 3. The molecular weight excluding hydrogens is 218 g/mol. The number of allylic oxidation sites excluding steroid dienone is 2. The first-order valence-electron chi connectivity index (χ1n) is 5.63. The van der Waals surface area contributed by atoms with E-state index in [0.717, 1.165) is 25.1 Å². The molecule has 17 heavy (non-hydrogen) atoms. The van der Waals surface area contributed by atoms with Crippen molar-refractivity contribution >= 4 is 17.9 Å². The van der Waals surface area contributed by atoms with Crippen LogP contribution in [0.1, 0.15) is 50.2 Å². The molecule has 1 aliphatic carbocycles. The Balaban J connectivity index is 2.38. The van der Waals surface area contributed by atoms with Crippen LogP contribution < -0.4 is 0 Å². The number of rotatable bonds is 1. The van der Waals surface area contributed by atoms with Gasteiger partial charge in [-0.2, -0.15) is 0 Å². The molecule has 0 aromatic carbocycles. The number of carbonyl (C=O) groups is 3. The van der Waals surface area contributed by atoms with E-state index in [-0.39, 0.29) is 11.6 Å². The van der Waals surface area contributed by atoms with Gasteiger partial charge < -0.3 is 4.57 Å². The van der Waals surface area contributed by atoms with Crippen LogP contribution in [0.2, 0.25) is 0 Å². The zero-order valence-corrected chi connectivity index (χ0v) is 9.45. The maximum absolute atomic E-state index is 12.1. The van der Waals surface area contributed by atoms with Crippen LogP contribution in [0.5, 0.6) is 0 Å². The molecule has 2 aliphatic rings. The Bertz CT molecular complexity index is 605. The van der Waals surface area contributed by atoms with Crippen molar-refractivity contribution in [3.05, 3.63) is 34.2 Å². The molecule has 0 spiro atoms. The van der Waals surface area contributed by atoms with Crippen molar-refractivity contribution in [2.45, 2.75) is 26.3 Å². The van der Waals surface area contributed by atoms with Gasteiger partial charge in [-0.05, 0) is 25.8 Å². The molecule has 0 bridgehead atoms. The fourth-order valence-corrected chi connectivity index (χ4v) is 2.74.